The zero-order valence-electron chi connectivity index (χ0n) is 20.7. The van der Waals surface area contributed by atoms with Gasteiger partial charge in [0, 0.05) is 16.8 Å². The van der Waals surface area contributed by atoms with Crippen molar-refractivity contribution in [2.45, 2.75) is 29.9 Å². The molecule has 1 aliphatic rings. The van der Waals surface area contributed by atoms with Crippen molar-refractivity contribution >= 4 is 21.7 Å². The number of carbonyl (C=O) groups is 1. The van der Waals surface area contributed by atoms with Crippen molar-refractivity contribution in [3.8, 4) is 16.9 Å². The predicted molar refractivity (Wildman–Crippen MR) is 144 cm³/mol. The normalized spacial score (nSPS) is 18.0. The minimum absolute atomic E-state index is 0.190. The Morgan fingerprint density at radius 2 is 1.62 bits per heavy atom. The maximum Gasteiger partial charge on any atom is 0.295 e. The highest BCUT2D eigenvalue weighted by Gasteiger charge is 2.49. The quantitative estimate of drug-likeness (QED) is 0.194. The number of anilines is 1. The molecule has 5 rings (SSSR count). The zero-order valence-corrected chi connectivity index (χ0v) is 21.5. The van der Waals surface area contributed by atoms with E-state index in [1.165, 1.54) is 47.4 Å². The molecule has 4 aromatic carbocycles. The number of amides is 1. The van der Waals surface area contributed by atoms with E-state index in [0.717, 1.165) is 5.56 Å². The molecule has 200 valence electrons. The molecule has 9 heteroatoms. The molecule has 1 heterocycles. The molecule has 3 atom stereocenters. The van der Waals surface area contributed by atoms with E-state index >= 15 is 0 Å². The lowest BCUT2D eigenvalue weighted by molar-refractivity contribution is -0.131. The Hall–Kier alpha value is -4.05. The summed E-state index contributed by atoms with van der Waals surface area (Å²) in [5.74, 6) is -1.55. The Morgan fingerprint density at radius 3 is 2.31 bits per heavy atom. The molecular formula is C30H26FNO6S. The Balaban J connectivity index is 1.49. The van der Waals surface area contributed by atoms with Gasteiger partial charge in [-0.1, -0.05) is 66.7 Å². The van der Waals surface area contributed by atoms with Gasteiger partial charge in [-0.15, -0.1) is 0 Å². The number of aromatic hydroxyl groups is 1. The van der Waals surface area contributed by atoms with Gasteiger partial charge in [0.2, 0.25) is 5.91 Å². The van der Waals surface area contributed by atoms with Crippen LogP contribution in [0, 0.1) is 11.7 Å². The van der Waals surface area contributed by atoms with Crippen LogP contribution in [0.1, 0.15) is 36.1 Å². The number of carbonyl (C=O) groups excluding carboxylic acids is 1. The van der Waals surface area contributed by atoms with Crippen LogP contribution in [0.5, 0.6) is 5.75 Å². The fourth-order valence-corrected chi connectivity index (χ4v) is 5.88. The number of hydrogen-bond donors (Lipinski definition) is 3. The van der Waals surface area contributed by atoms with E-state index in [0.29, 0.717) is 29.7 Å². The van der Waals surface area contributed by atoms with Crippen molar-refractivity contribution in [2.24, 2.45) is 5.92 Å². The van der Waals surface area contributed by atoms with Gasteiger partial charge in [-0.25, -0.2) is 4.39 Å². The van der Waals surface area contributed by atoms with Crippen LogP contribution in [0.25, 0.3) is 11.1 Å². The monoisotopic (exact) mass is 547 g/mol. The Morgan fingerprint density at radius 1 is 0.897 bits per heavy atom. The third-order valence-electron chi connectivity index (χ3n) is 7.06. The van der Waals surface area contributed by atoms with Gasteiger partial charge in [0.1, 0.15) is 16.5 Å². The van der Waals surface area contributed by atoms with Gasteiger partial charge in [0.15, 0.2) is 0 Å². The lowest BCUT2D eigenvalue weighted by Gasteiger charge is -2.48. The molecule has 0 unspecified atom stereocenters. The van der Waals surface area contributed by atoms with E-state index in [1.807, 2.05) is 18.2 Å². The predicted octanol–water partition coefficient (Wildman–Crippen LogP) is 5.66. The number of β-lactam (4-membered cyclic amide) rings is 1. The molecule has 0 saturated carbocycles. The molecule has 39 heavy (non-hydrogen) atoms. The summed E-state index contributed by atoms with van der Waals surface area (Å²) >= 11 is 0. The number of rotatable bonds is 8. The summed E-state index contributed by atoms with van der Waals surface area (Å²) in [6, 6.07) is 24.5. The molecule has 0 bridgehead atoms. The van der Waals surface area contributed by atoms with E-state index in [4.69, 9.17) is 0 Å². The lowest BCUT2D eigenvalue weighted by atomic mass is 9.77. The summed E-state index contributed by atoms with van der Waals surface area (Å²) in [6.07, 6.45) is -0.164. The maximum atomic E-state index is 14.0. The highest BCUT2D eigenvalue weighted by molar-refractivity contribution is 7.86. The summed E-state index contributed by atoms with van der Waals surface area (Å²) in [4.78, 5) is 14.4. The highest BCUT2D eigenvalue weighted by atomic mass is 32.2. The number of aliphatic hydroxyl groups excluding tert-OH is 1. The average molecular weight is 548 g/mol. The number of aliphatic hydroxyl groups is 1. The Labute approximate surface area is 225 Å². The molecule has 1 amide bonds. The smallest absolute Gasteiger partial charge is 0.295 e. The lowest BCUT2D eigenvalue weighted by Crippen LogP contribution is -2.55. The van der Waals surface area contributed by atoms with Crippen LogP contribution in [-0.2, 0) is 14.9 Å². The van der Waals surface area contributed by atoms with Crippen LogP contribution in [0.4, 0.5) is 10.1 Å². The second-order valence-corrected chi connectivity index (χ2v) is 10.9. The van der Waals surface area contributed by atoms with Gasteiger partial charge in [-0.05, 0) is 54.3 Å². The van der Waals surface area contributed by atoms with Gasteiger partial charge in [-0.2, -0.15) is 8.42 Å². The van der Waals surface area contributed by atoms with Crippen molar-refractivity contribution in [1.82, 2.24) is 0 Å². The number of hydrogen-bond acceptors (Lipinski definition) is 5. The molecule has 0 aromatic heterocycles. The van der Waals surface area contributed by atoms with Crippen LogP contribution in [-0.4, -0.2) is 29.1 Å². The molecule has 0 radical (unpaired) electrons. The average Bonchev–Trinajstić information content (AvgIpc) is 2.92. The minimum atomic E-state index is -4.51. The van der Waals surface area contributed by atoms with Crippen molar-refractivity contribution in [1.29, 1.82) is 0 Å². The van der Waals surface area contributed by atoms with E-state index in [2.05, 4.69) is 0 Å². The van der Waals surface area contributed by atoms with Crippen molar-refractivity contribution in [3.63, 3.8) is 0 Å². The first-order valence-electron chi connectivity index (χ1n) is 12.4. The standard InChI is InChI=1S/C30H26FNO6S/c31-21-9-6-10-22(18-21)32-29(25(30(32)35)15-16-26(33)19-7-2-1-3-8-19)24-14-13-20(17-27(24)34)23-11-4-5-12-28(23)39(36,37)38/h1-14,17-18,25-26,29,33-34H,15-16H2,(H,36,37,38)/t25-,26+,29-/m1/s1. The first-order valence-corrected chi connectivity index (χ1v) is 13.8. The SMILES string of the molecule is O=C1[C@H](CC[C@H](O)c2ccccc2)[C@@H](c2ccc(-c3ccccc3S(=O)(=O)O)cc2O)N1c1cccc(F)c1. The summed E-state index contributed by atoms with van der Waals surface area (Å²) in [7, 11) is -4.51. The van der Waals surface area contributed by atoms with Gasteiger partial charge in [0.05, 0.1) is 18.1 Å². The maximum absolute atomic E-state index is 14.0. The van der Waals surface area contributed by atoms with Gasteiger partial charge >= 0.3 is 0 Å². The van der Waals surface area contributed by atoms with Crippen molar-refractivity contribution in [2.75, 3.05) is 4.90 Å². The molecule has 1 saturated heterocycles. The highest BCUT2D eigenvalue weighted by Crippen LogP contribution is 2.49. The molecule has 0 spiro atoms. The first-order chi connectivity index (χ1) is 18.6. The topological polar surface area (TPSA) is 115 Å². The largest absolute Gasteiger partial charge is 0.508 e. The molecular weight excluding hydrogens is 521 g/mol. The van der Waals surface area contributed by atoms with E-state index in [1.54, 1.807) is 36.4 Å². The van der Waals surface area contributed by atoms with Crippen LogP contribution >= 0.6 is 0 Å². The molecule has 3 N–H and O–H groups in total. The van der Waals surface area contributed by atoms with Gasteiger partial charge in [0.25, 0.3) is 10.1 Å². The van der Waals surface area contributed by atoms with E-state index < -0.39 is 34.0 Å². The second kappa shape index (κ2) is 10.6. The third-order valence-corrected chi connectivity index (χ3v) is 7.97. The molecule has 1 fully saturated rings. The number of benzene rings is 4. The summed E-state index contributed by atoms with van der Waals surface area (Å²) in [6.45, 7) is 0. The fourth-order valence-electron chi connectivity index (χ4n) is 5.17. The third kappa shape index (κ3) is 5.29. The Bertz CT molecular complexity index is 1630. The first kappa shape index (κ1) is 26.6. The van der Waals surface area contributed by atoms with E-state index in [-0.39, 0.29) is 22.1 Å². The second-order valence-electron chi connectivity index (χ2n) is 9.49. The Kier molecular flexibility index (Phi) is 7.22. The van der Waals surface area contributed by atoms with Gasteiger partial charge < -0.3 is 15.1 Å². The number of halogens is 1. The number of phenolic OH excluding ortho intramolecular Hbond substituents is 1. The fraction of sp³-hybridized carbons (Fsp3) is 0.167. The molecule has 7 nitrogen and oxygen atoms in total. The number of phenols is 1. The summed E-state index contributed by atoms with van der Waals surface area (Å²) in [5.41, 5.74) is 2.02. The van der Waals surface area contributed by atoms with Crippen molar-refractivity contribution in [3.05, 3.63) is 114 Å². The summed E-state index contributed by atoms with van der Waals surface area (Å²) < 4.78 is 47.4. The van der Waals surface area contributed by atoms with Crippen LogP contribution < -0.4 is 4.90 Å². The van der Waals surface area contributed by atoms with Crippen LogP contribution in [0.15, 0.2) is 102 Å². The van der Waals surface area contributed by atoms with Crippen LogP contribution in [0.2, 0.25) is 0 Å². The van der Waals surface area contributed by atoms with Crippen molar-refractivity contribution < 1.29 is 32.4 Å². The van der Waals surface area contributed by atoms with E-state index in [9.17, 15) is 32.4 Å². The summed E-state index contributed by atoms with van der Waals surface area (Å²) in [5, 5.41) is 21.8. The van der Waals surface area contributed by atoms with Gasteiger partial charge in [-0.3, -0.25) is 9.35 Å². The number of nitrogens with zero attached hydrogens (tertiary/aromatic N) is 1. The molecule has 4 aromatic rings. The molecule has 1 aliphatic heterocycles. The zero-order chi connectivity index (χ0) is 27.7. The molecule has 0 aliphatic carbocycles. The minimum Gasteiger partial charge on any atom is -0.508 e. The van der Waals surface area contributed by atoms with Crippen LogP contribution in [0.3, 0.4) is 0 Å².